The average Bonchev–Trinajstić information content (AvgIpc) is 3.20. The highest BCUT2D eigenvalue weighted by atomic mass is 16.6. The van der Waals surface area contributed by atoms with Crippen molar-refractivity contribution in [2.24, 2.45) is 0 Å². The van der Waals surface area contributed by atoms with Crippen molar-refractivity contribution in [3.05, 3.63) is 35.9 Å². The molecule has 0 amide bonds. The number of hydrogen-bond acceptors (Lipinski definition) is 14. The van der Waals surface area contributed by atoms with E-state index in [0.717, 1.165) is 12.8 Å². The number of carbonyl (C=O) groups is 2. The van der Waals surface area contributed by atoms with Crippen LogP contribution in [0.4, 0.5) is 0 Å². The summed E-state index contributed by atoms with van der Waals surface area (Å²) < 4.78 is 65.1. The van der Waals surface area contributed by atoms with E-state index >= 15 is 0 Å². The predicted octanol–water partition coefficient (Wildman–Crippen LogP) is 5.47. The molecule has 0 fully saturated rings. The Morgan fingerprint density at radius 3 is 1.00 bits per heavy atom. The van der Waals surface area contributed by atoms with Gasteiger partial charge in [0.25, 0.3) is 0 Å². The van der Waals surface area contributed by atoms with Crippen LogP contribution in [0.15, 0.2) is 30.3 Å². The highest BCUT2D eigenvalue weighted by Crippen LogP contribution is 2.10. The van der Waals surface area contributed by atoms with Crippen LogP contribution in [0.1, 0.15) is 81.5 Å². The molecule has 0 bridgehead atoms. The second-order valence-electron chi connectivity index (χ2n) is 12.4. The van der Waals surface area contributed by atoms with E-state index in [4.69, 9.17) is 56.8 Å². The normalized spacial score (nSPS) is 11.3. The van der Waals surface area contributed by atoms with Gasteiger partial charge in [0.2, 0.25) is 0 Å². The molecule has 1 aromatic rings. The summed E-state index contributed by atoms with van der Waals surface area (Å²) >= 11 is 0. The minimum Gasteiger partial charge on any atom is -0.463 e. The van der Waals surface area contributed by atoms with Crippen molar-refractivity contribution >= 4 is 11.9 Å². The lowest BCUT2D eigenvalue weighted by atomic mass is 10.1. The van der Waals surface area contributed by atoms with E-state index in [9.17, 15) is 9.59 Å². The van der Waals surface area contributed by atoms with E-state index in [1.165, 1.54) is 44.9 Å². The Morgan fingerprint density at radius 2 is 0.655 bits per heavy atom. The third-order valence-corrected chi connectivity index (χ3v) is 7.79. The van der Waals surface area contributed by atoms with Crippen LogP contribution >= 0.6 is 0 Å². The van der Waals surface area contributed by atoms with Gasteiger partial charge >= 0.3 is 11.9 Å². The van der Waals surface area contributed by atoms with Crippen molar-refractivity contribution < 1.29 is 66.4 Å². The first-order chi connectivity index (χ1) is 27.2. The zero-order valence-corrected chi connectivity index (χ0v) is 33.7. The van der Waals surface area contributed by atoms with Gasteiger partial charge in [-0.05, 0) is 18.6 Å². The molecule has 0 heterocycles. The molecule has 0 saturated heterocycles. The molecule has 0 N–H and O–H groups in total. The summed E-state index contributed by atoms with van der Waals surface area (Å²) in [4.78, 5) is 23.6. The summed E-state index contributed by atoms with van der Waals surface area (Å²) in [5.41, 5.74) is 0.523. The van der Waals surface area contributed by atoms with Crippen LogP contribution in [0.2, 0.25) is 0 Å². The van der Waals surface area contributed by atoms with Gasteiger partial charge in [0.05, 0.1) is 138 Å². The van der Waals surface area contributed by atoms with Crippen LogP contribution in [-0.2, 0) is 61.6 Å². The monoisotopic (exact) mass is 788 g/mol. The van der Waals surface area contributed by atoms with Gasteiger partial charge in [-0.3, -0.25) is 4.79 Å². The van der Waals surface area contributed by atoms with Gasteiger partial charge in [-0.2, -0.15) is 0 Å². The van der Waals surface area contributed by atoms with Crippen LogP contribution in [0, 0.1) is 0 Å². The molecule has 0 unspecified atom stereocenters. The second-order valence-corrected chi connectivity index (χ2v) is 12.4. The maximum absolute atomic E-state index is 11.8. The summed E-state index contributed by atoms with van der Waals surface area (Å²) in [5.74, 6) is -0.499. The number of rotatable bonds is 44. The Labute approximate surface area is 330 Å². The molecule has 55 heavy (non-hydrogen) atoms. The molecule has 0 aliphatic heterocycles. The third kappa shape index (κ3) is 38.4. The molecule has 0 atom stereocenters. The third-order valence-electron chi connectivity index (χ3n) is 7.79. The van der Waals surface area contributed by atoms with Crippen LogP contribution in [0.3, 0.4) is 0 Å². The molecule has 320 valence electrons. The van der Waals surface area contributed by atoms with Gasteiger partial charge in [-0.15, -0.1) is 0 Å². The highest BCUT2D eigenvalue weighted by molar-refractivity contribution is 5.89. The summed E-state index contributed by atoms with van der Waals surface area (Å²) in [6.45, 7) is 11.9. The van der Waals surface area contributed by atoms with E-state index in [1.807, 2.05) is 6.07 Å². The molecule has 0 aliphatic carbocycles. The van der Waals surface area contributed by atoms with Gasteiger partial charge in [-0.1, -0.05) is 76.5 Å². The zero-order valence-electron chi connectivity index (χ0n) is 33.7. The van der Waals surface area contributed by atoms with Crippen molar-refractivity contribution in [1.29, 1.82) is 0 Å². The molecule has 0 saturated carbocycles. The van der Waals surface area contributed by atoms with Gasteiger partial charge in [-0.25, -0.2) is 4.79 Å². The van der Waals surface area contributed by atoms with E-state index in [2.05, 4.69) is 6.92 Å². The smallest absolute Gasteiger partial charge is 0.338 e. The first kappa shape index (κ1) is 50.8. The molecule has 0 aromatic heterocycles. The lowest BCUT2D eigenvalue weighted by Crippen LogP contribution is -2.16. The fourth-order valence-corrected chi connectivity index (χ4v) is 4.80. The fraction of sp³-hybridized carbons (Fsp3) is 0.805. The molecule has 1 rings (SSSR count). The lowest BCUT2D eigenvalue weighted by molar-refractivity contribution is -0.145. The average molecular weight is 789 g/mol. The molecule has 0 aliphatic rings. The minimum absolute atomic E-state index is 0.141. The summed E-state index contributed by atoms with van der Waals surface area (Å²) in [6.07, 6.45) is 11.6. The molecule has 0 radical (unpaired) electrons. The van der Waals surface area contributed by atoms with Crippen molar-refractivity contribution in [2.75, 3.05) is 145 Å². The van der Waals surface area contributed by atoms with Crippen molar-refractivity contribution in [3.63, 3.8) is 0 Å². The van der Waals surface area contributed by atoms with Gasteiger partial charge in [0.15, 0.2) is 0 Å². The molecular formula is C41H72O14. The van der Waals surface area contributed by atoms with Crippen LogP contribution in [-0.4, -0.2) is 157 Å². The minimum atomic E-state index is -0.359. The SMILES string of the molecule is CCCCCCCCCCCC(=O)OCCOCCOCCOCCOCCOCCOCCOCCOCCOCCOCCOC(=O)c1ccccc1. The van der Waals surface area contributed by atoms with Crippen LogP contribution in [0.5, 0.6) is 0 Å². The largest absolute Gasteiger partial charge is 0.463 e. The summed E-state index contributed by atoms with van der Waals surface area (Å²) in [6, 6.07) is 8.85. The fourth-order valence-electron chi connectivity index (χ4n) is 4.80. The molecule has 0 spiro atoms. The topological polar surface area (TPSA) is 145 Å². The quantitative estimate of drug-likeness (QED) is 0.0609. The number of ether oxygens (including phenoxy) is 12. The standard InChI is InChI=1S/C41H72O14/c1-2-3-4-5-6-7-8-9-13-16-40(42)54-37-35-52-33-31-50-29-27-48-25-23-46-21-19-44-17-18-45-20-22-47-24-26-49-28-30-51-32-34-53-36-38-55-41(43)39-14-11-10-12-15-39/h10-12,14-15H,2-9,13,16-38H2,1H3. The van der Waals surface area contributed by atoms with Gasteiger partial charge in [0.1, 0.15) is 13.2 Å². The Bertz CT molecular complexity index is 939. The number of carbonyl (C=O) groups excluding carboxylic acids is 2. The number of benzene rings is 1. The number of unbranched alkanes of at least 4 members (excludes halogenated alkanes) is 8. The van der Waals surface area contributed by atoms with E-state index in [-0.39, 0.29) is 25.2 Å². The predicted molar refractivity (Wildman–Crippen MR) is 208 cm³/mol. The summed E-state index contributed by atoms with van der Waals surface area (Å²) in [5, 5.41) is 0. The zero-order chi connectivity index (χ0) is 39.4. The molecule has 1 aromatic carbocycles. The molecule has 14 heteroatoms. The molecule has 14 nitrogen and oxygen atoms in total. The second kappa shape index (κ2) is 42.9. The van der Waals surface area contributed by atoms with Gasteiger partial charge < -0.3 is 56.8 Å². The molecular weight excluding hydrogens is 716 g/mol. The Balaban J connectivity index is 1.64. The maximum Gasteiger partial charge on any atom is 0.338 e. The Morgan fingerprint density at radius 1 is 0.364 bits per heavy atom. The first-order valence-corrected chi connectivity index (χ1v) is 20.4. The Kier molecular flexibility index (Phi) is 39.6. The van der Waals surface area contributed by atoms with Gasteiger partial charge in [0, 0.05) is 6.42 Å². The Hall–Kier alpha value is -2.24. The number of hydrogen-bond donors (Lipinski definition) is 0. The van der Waals surface area contributed by atoms with E-state index in [0.29, 0.717) is 144 Å². The maximum atomic E-state index is 11.8. The summed E-state index contributed by atoms with van der Waals surface area (Å²) in [7, 11) is 0. The first-order valence-electron chi connectivity index (χ1n) is 20.4. The lowest BCUT2D eigenvalue weighted by Gasteiger charge is -2.09. The van der Waals surface area contributed by atoms with Crippen molar-refractivity contribution in [2.45, 2.75) is 71.1 Å². The van der Waals surface area contributed by atoms with Crippen LogP contribution in [0.25, 0.3) is 0 Å². The van der Waals surface area contributed by atoms with Crippen LogP contribution < -0.4 is 0 Å². The van der Waals surface area contributed by atoms with E-state index in [1.54, 1.807) is 24.3 Å². The van der Waals surface area contributed by atoms with E-state index < -0.39 is 0 Å². The van der Waals surface area contributed by atoms with Crippen molar-refractivity contribution in [3.8, 4) is 0 Å². The van der Waals surface area contributed by atoms with Crippen molar-refractivity contribution in [1.82, 2.24) is 0 Å². The number of esters is 2. The highest BCUT2D eigenvalue weighted by Gasteiger charge is 2.05.